The van der Waals surface area contributed by atoms with Crippen LogP contribution >= 0.6 is 0 Å². The zero-order valence-electron chi connectivity index (χ0n) is 11.8. The molecule has 2 N–H and O–H groups in total. The van der Waals surface area contributed by atoms with Gasteiger partial charge in [0.15, 0.2) is 11.5 Å². The van der Waals surface area contributed by atoms with Crippen molar-refractivity contribution in [1.82, 2.24) is 0 Å². The summed E-state index contributed by atoms with van der Waals surface area (Å²) in [5.41, 5.74) is 3.08. The second-order valence-corrected chi connectivity index (χ2v) is 4.64. The topological polar surface area (TPSA) is 66.8 Å². The van der Waals surface area contributed by atoms with Crippen molar-refractivity contribution in [3.63, 3.8) is 0 Å². The molecule has 0 aliphatic heterocycles. The number of ether oxygens (including phenoxy) is 1. The van der Waals surface area contributed by atoms with E-state index in [9.17, 15) is 9.90 Å². The fraction of sp³-hybridized carbons (Fsp3) is 0.118. The van der Waals surface area contributed by atoms with Crippen molar-refractivity contribution >= 4 is 17.6 Å². The number of carboxylic acid groups (broad SMARTS) is 1. The summed E-state index contributed by atoms with van der Waals surface area (Å²) in [5, 5.41) is 18.4. The van der Waals surface area contributed by atoms with Crippen LogP contribution in [0, 0.1) is 0 Å². The molecule has 0 aliphatic rings. The van der Waals surface area contributed by atoms with Gasteiger partial charge in [-0.15, -0.1) is 0 Å². The zero-order chi connectivity index (χ0) is 15.4. The Balaban J connectivity index is 2.30. The van der Waals surface area contributed by atoms with E-state index in [0.29, 0.717) is 5.75 Å². The number of aromatic hydroxyl groups is 1. The van der Waals surface area contributed by atoms with Crippen LogP contribution in [-0.4, -0.2) is 23.3 Å². The number of rotatable bonds is 4. The van der Waals surface area contributed by atoms with Gasteiger partial charge >= 0.3 is 5.97 Å². The predicted molar refractivity (Wildman–Crippen MR) is 81.6 cm³/mol. The highest BCUT2D eigenvalue weighted by Crippen LogP contribution is 2.28. The highest BCUT2D eigenvalue weighted by molar-refractivity contribution is 5.88. The van der Waals surface area contributed by atoms with E-state index in [2.05, 4.69) is 0 Å². The van der Waals surface area contributed by atoms with Crippen LogP contribution in [0.2, 0.25) is 0 Å². The lowest BCUT2D eigenvalue weighted by Gasteiger charge is -2.06. The van der Waals surface area contributed by atoms with Crippen LogP contribution in [0.4, 0.5) is 0 Å². The van der Waals surface area contributed by atoms with Crippen LogP contribution < -0.4 is 4.74 Å². The van der Waals surface area contributed by atoms with Gasteiger partial charge in [0.05, 0.1) is 12.7 Å². The number of aromatic carboxylic acids is 1. The second kappa shape index (κ2) is 6.13. The largest absolute Gasteiger partial charge is 0.504 e. The lowest BCUT2D eigenvalue weighted by molar-refractivity contribution is 0.0697. The van der Waals surface area contributed by atoms with Crippen molar-refractivity contribution < 1.29 is 19.7 Å². The first-order valence-corrected chi connectivity index (χ1v) is 6.40. The third kappa shape index (κ3) is 3.42. The molecule has 0 atom stereocenters. The third-order valence-electron chi connectivity index (χ3n) is 3.17. The molecule has 0 saturated heterocycles. The van der Waals surface area contributed by atoms with E-state index in [-0.39, 0.29) is 11.3 Å². The molecule has 0 bridgehead atoms. The summed E-state index contributed by atoms with van der Waals surface area (Å²) in [4.78, 5) is 10.8. The molecule has 2 aromatic carbocycles. The Bertz CT molecular complexity index is 684. The van der Waals surface area contributed by atoms with Gasteiger partial charge in [0, 0.05) is 0 Å². The molecule has 0 saturated carbocycles. The van der Waals surface area contributed by atoms with Gasteiger partial charge in [-0.05, 0) is 47.9 Å². The maximum atomic E-state index is 10.8. The molecule has 0 aromatic heterocycles. The molecule has 0 radical (unpaired) electrons. The van der Waals surface area contributed by atoms with E-state index >= 15 is 0 Å². The van der Waals surface area contributed by atoms with Gasteiger partial charge in [-0.2, -0.15) is 0 Å². The van der Waals surface area contributed by atoms with Gasteiger partial charge < -0.3 is 14.9 Å². The Morgan fingerprint density at radius 2 is 1.71 bits per heavy atom. The molecular formula is C17H16O4. The standard InChI is InChI=1S/C17H16O4/c1-11(13-4-6-14(7-5-13)17(19)20)9-12-3-8-15(18)16(10-12)21-2/h3-10,18H,1-2H3,(H,19,20)/b11-9+. The first-order chi connectivity index (χ1) is 10.0. The first-order valence-electron chi connectivity index (χ1n) is 6.40. The maximum absolute atomic E-state index is 10.8. The summed E-state index contributed by atoms with van der Waals surface area (Å²) in [6.07, 6.45) is 1.94. The Labute approximate surface area is 122 Å². The molecule has 2 aromatic rings. The fourth-order valence-corrected chi connectivity index (χ4v) is 1.99. The van der Waals surface area contributed by atoms with Crippen molar-refractivity contribution in [1.29, 1.82) is 0 Å². The first kappa shape index (κ1) is 14.7. The maximum Gasteiger partial charge on any atom is 0.335 e. The SMILES string of the molecule is COc1cc(/C=C(\C)c2ccc(C(=O)O)cc2)ccc1O. The fourth-order valence-electron chi connectivity index (χ4n) is 1.99. The lowest BCUT2D eigenvalue weighted by atomic mass is 10.0. The Morgan fingerprint density at radius 1 is 1.10 bits per heavy atom. The molecule has 2 rings (SSSR count). The smallest absolute Gasteiger partial charge is 0.335 e. The number of hydrogen-bond donors (Lipinski definition) is 2. The molecule has 0 heterocycles. The Hall–Kier alpha value is -2.75. The third-order valence-corrected chi connectivity index (χ3v) is 3.17. The predicted octanol–water partition coefficient (Wildman–Crippen LogP) is 3.66. The molecule has 0 amide bonds. The highest BCUT2D eigenvalue weighted by atomic mass is 16.5. The summed E-state index contributed by atoms with van der Waals surface area (Å²) >= 11 is 0. The van der Waals surface area contributed by atoms with Crippen LogP contribution in [0.25, 0.3) is 11.6 Å². The van der Waals surface area contributed by atoms with E-state index in [1.807, 2.05) is 13.0 Å². The van der Waals surface area contributed by atoms with Crippen molar-refractivity contribution in [3.8, 4) is 11.5 Å². The molecule has 4 nitrogen and oxygen atoms in total. The molecule has 0 unspecified atom stereocenters. The number of phenolic OH excluding ortho intramolecular Hbond substituents is 1. The van der Waals surface area contributed by atoms with Crippen LogP contribution in [0.3, 0.4) is 0 Å². The molecule has 108 valence electrons. The number of carboxylic acids is 1. The number of methoxy groups -OCH3 is 1. The van der Waals surface area contributed by atoms with E-state index in [0.717, 1.165) is 16.7 Å². The molecule has 4 heteroatoms. The highest BCUT2D eigenvalue weighted by Gasteiger charge is 2.04. The van der Waals surface area contributed by atoms with Crippen molar-refractivity contribution in [2.24, 2.45) is 0 Å². The van der Waals surface area contributed by atoms with Crippen molar-refractivity contribution in [3.05, 3.63) is 59.2 Å². The minimum Gasteiger partial charge on any atom is -0.504 e. The van der Waals surface area contributed by atoms with Gasteiger partial charge in [-0.25, -0.2) is 4.79 Å². The van der Waals surface area contributed by atoms with E-state index < -0.39 is 5.97 Å². The Morgan fingerprint density at radius 3 is 2.29 bits per heavy atom. The quantitative estimate of drug-likeness (QED) is 0.841. The number of allylic oxidation sites excluding steroid dienone is 1. The minimum atomic E-state index is -0.938. The van der Waals surface area contributed by atoms with Crippen LogP contribution in [-0.2, 0) is 0 Å². The van der Waals surface area contributed by atoms with Crippen molar-refractivity contribution in [2.45, 2.75) is 6.92 Å². The monoisotopic (exact) mass is 284 g/mol. The summed E-state index contributed by atoms with van der Waals surface area (Å²) in [6, 6.07) is 11.8. The van der Waals surface area contributed by atoms with Gasteiger partial charge in [0.25, 0.3) is 0 Å². The number of carbonyl (C=O) groups is 1. The number of benzene rings is 2. The van der Waals surface area contributed by atoms with Gasteiger partial charge in [-0.3, -0.25) is 0 Å². The van der Waals surface area contributed by atoms with E-state index in [4.69, 9.17) is 9.84 Å². The van der Waals surface area contributed by atoms with Crippen LogP contribution in [0.1, 0.15) is 28.4 Å². The average molecular weight is 284 g/mol. The molecule has 21 heavy (non-hydrogen) atoms. The molecule has 0 aliphatic carbocycles. The van der Waals surface area contributed by atoms with Crippen molar-refractivity contribution in [2.75, 3.05) is 7.11 Å². The van der Waals surface area contributed by atoms with Crippen LogP contribution in [0.15, 0.2) is 42.5 Å². The molecule has 0 spiro atoms. The summed E-state index contributed by atoms with van der Waals surface area (Å²) in [6.45, 7) is 1.94. The molecular weight excluding hydrogens is 268 g/mol. The zero-order valence-corrected chi connectivity index (χ0v) is 11.8. The van der Waals surface area contributed by atoms with Gasteiger partial charge in [0.1, 0.15) is 0 Å². The lowest BCUT2D eigenvalue weighted by Crippen LogP contribution is -1.95. The van der Waals surface area contributed by atoms with Gasteiger partial charge in [0.2, 0.25) is 0 Å². The van der Waals surface area contributed by atoms with Crippen LogP contribution in [0.5, 0.6) is 11.5 Å². The summed E-state index contributed by atoms with van der Waals surface area (Å²) < 4.78 is 5.07. The summed E-state index contributed by atoms with van der Waals surface area (Å²) in [7, 11) is 1.50. The number of phenols is 1. The van der Waals surface area contributed by atoms with Gasteiger partial charge in [-0.1, -0.05) is 24.3 Å². The average Bonchev–Trinajstić information content (AvgIpc) is 2.49. The summed E-state index contributed by atoms with van der Waals surface area (Å²) in [5.74, 6) is -0.428. The minimum absolute atomic E-state index is 0.0955. The number of hydrogen-bond acceptors (Lipinski definition) is 3. The second-order valence-electron chi connectivity index (χ2n) is 4.64. The Kier molecular flexibility index (Phi) is 4.28. The molecule has 0 fully saturated rings. The van der Waals surface area contributed by atoms with E-state index in [1.165, 1.54) is 7.11 Å². The van der Waals surface area contributed by atoms with E-state index in [1.54, 1.807) is 42.5 Å². The normalized spacial score (nSPS) is 11.2.